The van der Waals surface area contributed by atoms with Gasteiger partial charge in [-0.05, 0) is 44.6 Å². The smallest absolute Gasteiger partial charge is 0.303 e. The summed E-state index contributed by atoms with van der Waals surface area (Å²) in [5, 5.41) is 14.9. The van der Waals surface area contributed by atoms with Gasteiger partial charge in [0.15, 0.2) is 0 Å². The lowest BCUT2D eigenvalue weighted by Crippen LogP contribution is -2.53. The largest absolute Gasteiger partial charge is 0.481 e. The summed E-state index contributed by atoms with van der Waals surface area (Å²) in [5.74, 6) is -0.334. The monoisotopic (exact) mass is 270 g/mol. The number of hydrogen-bond donors (Lipinski definition) is 3. The Bertz CT molecular complexity index is 312. The van der Waals surface area contributed by atoms with Gasteiger partial charge in [-0.2, -0.15) is 0 Å². The van der Waals surface area contributed by atoms with Crippen molar-refractivity contribution >= 4 is 11.9 Å². The van der Waals surface area contributed by atoms with Crippen LogP contribution in [0, 0.1) is 5.92 Å². The second-order valence-electron chi connectivity index (χ2n) is 5.55. The maximum Gasteiger partial charge on any atom is 0.303 e. The van der Waals surface area contributed by atoms with Crippen LogP contribution in [0.25, 0.3) is 0 Å². The second kappa shape index (κ2) is 7.48. The summed E-state index contributed by atoms with van der Waals surface area (Å²) in [7, 11) is 0. The van der Waals surface area contributed by atoms with Crippen molar-refractivity contribution in [2.24, 2.45) is 5.92 Å². The molecule has 2 unspecified atom stereocenters. The van der Waals surface area contributed by atoms with Gasteiger partial charge in [0.25, 0.3) is 0 Å². The second-order valence-corrected chi connectivity index (χ2v) is 5.55. The van der Waals surface area contributed by atoms with Crippen molar-refractivity contribution in [1.82, 2.24) is 10.6 Å². The fourth-order valence-corrected chi connectivity index (χ4v) is 2.58. The zero-order valence-corrected chi connectivity index (χ0v) is 12.0. The van der Waals surface area contributed by atoms with Crippen LogP contribution in [0.1, 0.15) is 52.4 Å². The van der Waals surface area contributed by atoms with Gasteiger partial charge in [0, 0.05) is 13.0 Å². The maximum atomic E-state index is 12.2. The van der Waals surface area contributed by atoms with Crippen molar-refractivity contribution in [3.8, 4) is 0 Å². The van der Waals surface area contributed by atoms with Crippen molar-refractivity contribution in [3.63, 3.8) is 0 Å². The lowest BCUT2D eigenvalue weighted by molar-refractivity contribution is -0.137. The molecule has 5 heteroatoms. The van der Waals surface area contributed by atoms with Gasteiger partial charge >= 0.3 is 5.97 Å². The molecule has 0 aliphatic carbocycles. The SMILES string of the molecule is CCC1(C(=O)NCCC(C)CCC(=O)O)CCCN1. The number of amides is 1. The molecule has 1 heterocycles. The summed E-state index contributed by atoms with van der Waals surface area (Å²) >= 11 is 0. The van der Waals surface area contributed by atoms with Gasteiger partial charge in [0.05, 0.1) is 5.54 Å². The molecular weight excluding hydrogens is 244 g/mol. The average Bonchev–Trinajstić information content (AvgIpc) is 2.86. The molecule has 110 valence electrons. The summed E-state index contributed by atoms with van der Waals surface area (Å²) in [6.45, 7) is 5.60. The first-order chi connectivity index (χ1) is 9.00. The van der Waals surface area contributed by atoms with E-state index < -0.39 is 5.97 Å². The topological polar surface area (TPSA) is 78.4 Å². The molecule has 1 fully saturated rings. The van der Waals surface area contributed by atoms with Gasteiger partial charge in [-0.25, -0.2) is 0 Å². The van der Waals surface area contributed by atoms with Crippen LogP contribution >= 0.6 is 0 Å². The Morgan fingerprint density at radius 2 is 2.16 bits per heavy atom. The van der Waals surface area contributed by atoms with E-state index in [1.807, 2.05) is 13.8 Å². The van der Waals surface area contributed by atoms with Crippen LogP contribution in [-0.4, -0.2) is 35.6 Å². The van der Waals surface area contributed by atoms with Crippen LogP contribution in [-0.2, 0) is 9.59 Å². The summed E-state index contributed by atoms with van der Waals surface area (Å²) in [5.41, 5.74) is -0.371. The molecule has 0 aromatic carbocycles. The van der Waals surface area contributed by atoms with Crippen LogP contribution in [0.2, 0.25) is 0 Å². The van der Waals surface area contributed by atoms with Crippen molar-refractivity contribution in [2.75, 3.05) is 13.1 Å². The molecule has 0 saturated carbocycles. The Hall–Kier alpha value is -1.10. The van der Waals surface area contributed by atoms with Crippen molar-refractivity contribution in [3.05, 3.63) is 0 Å². The van der Waals surface area contributed by atoms with E-state index in [0.29, 0.717) is 18.9 Å². The highest BCUT2D eigenvalue weighted by molar-refractivity contribution is 5.86. The highest BCUT2D eigenvalue weighted by Crippen LogP contribution is 2.23. The number of rotatable bonds is 8. The zero-order chi connectivity index (χ0) is 14.3. The Morgan fingerprint density at radius 1 is 1.42 bits per heavy atom. The van der Waals surface area contributed by atoms with E-state index in [0.717, 1.165) is 32.2 Å². The Balaban J connectivity index is 2.24. The summed E-state index contributed by atoms with van der Waals surface area (Å²) in [4.78, 5) is 22.6. The van der Waals surface area contributed by atoms with E-state index in [1.165, 1.54) is 0 Å². The normalized spacial score (nSPS) is 24.1. The summed E-state index contributed by atoms with van der Waals surface area (Å²) in [6, 6.07) is 0. The van der Waals surface area contributed by atoms with E-state index in [9.17, 15) is 9.59 Å². The molecule has 19 heavy (non-hydrogen) atoms. The molecule has 1 saturated heterocycles. The Morgan fingerprint density at radius 3 is 2.68 bits per heavy atom. The molecule has 0 radical (unpaired) electrons. The molecule has 2 atom stereocenters. The Kier molecular flexibility index (Phi) is 6.28. The average molecular weight is 270 g/mol. The van der Waals surface area contributed by atoms with E-state index >= 15 is 0 Å². The zero-order valence-electron chi connectivity index (χ0n) is 12.0. The lowest BCUT2D eigenvalue weighted by atomic mass is 9.93. The number of carboxylic acids is 1. The number of carbonyl (C=O) groups is 2. The lowest BCUT2D eigenvalue weighted by Gasteiger charge is -2.27. The van der Waals surface area contributed by atoms with Crippen LogP contribution in [0.3, 0.4) is 0 Å². The molecule has 1 rings (SSSR count). The van der Waals surface area contributed by atoms with Gasteiger partial charge < -0.3 is 15.7 Å². The third-order valence-electron chi connectivity index (χ3n) is 4.06. The van der Waals surface area contributed by atoms with Crippen LogP contribution < -0.4 is 10.6 Å². The molecule has 0 aromatic rings. The van der Waals surface area contributed by atoms with Crippen LogP contribution in [0.15, 0.2) is 0 Å². The van der Waals surface area contributed by atoms with Gasteiger partial charge in [-0.3, -0.25) is 9.59 Å². The predicted octanol–water partition coefficient (Wildman–Crippen LogP) is 1.53. The number of nitrogens with one attached hydrogen (secondary N) is 2. The molecule has 0 bridgehead atoms. The molecule has 5 nitrogen and oxygen atoms in total. The standard InChI is InChI=1S/C14H26N2O3/c1-3-14(8-4-9-16-14)13(19)15-10-7-11(2)5-6-12(17)18/h11,16H,3-10H2,1-2H3,(H,15,19)(H,17,18). The molecule has 1 aliphatic rings. The molecular formula is C14H26N2O3. The minimum absolute atomic E-state index is 0.0953. The number of hydrogen-bond acceptors (Lipinski definition) is 3. The van der Waals surface area contributed by atoms with E-state index in [4.69, 9.17) is 5.11 Å². The van der Waals surface area contributed by atoms with Gasteiger partial charge in [-0.1, -0.05) is 13.8 Å². The first-order valence-corrected chi connectivity index (χ1v) is 7.25. The van der Waals surface area contributed by atoms with Crippen molar-refractivity contribution in [1.29, 1.82) is 0 Å². The third-order valence-corrected chi connectivity index (χ3v) is 4.06. The first-order valence-electron chi connectivity index (χ1n) is 7.25. The number of carbonyl (C=O) groups excluding carboxylic acids is 1. The quantitative estimate of drug-likeness (QED) is 0.625. The van der Waals surface area contributed by atoms with Crippen molar-refractivity contribution < 1.29 is 14.7 Å². The molecule has 1 amide bonds. The van der Waals surface area contributed by atoms with Crippen LogP contribution in [0.5, 0.6) is 0 Å². The molecule has 1 aliphatic heterocycles. The van der Waals surface area contributed by atoms with E-state index in [-0.39, 0.29) is 17.9 Å². The third kappa shape index (κ3) is 4.82. The van der Waals surface area contributed by atoms with Crippen molar-refractivity contribution in [2.45, 2.75) is 57.9 Å². The predicted molar refractivity (Wildman–Crippen MR) is 73.9 cm³/mol. The van der Waals surface area contributed by atoms with E-state index in [1.54, 1.807) is 0 Å². The summed E-state index contributed by atoms with van der Waals surface area (Å²) < 4.78 is 0. The highest BCUT2D eigenvalue weighted by atomic mass is 16.4. The minimum Gasteiger partial charge on any atom is -0.481 e. The molecule has 3 N–H and O–H groups in total. The number of aliphatic carboxylic acids is 1. The number of carboxylic acid groups (broad SMARTS) is 1. The van der Waals surface area contributed by atoms with Gasteiger partial charge in [-0.15, -0.1) is 0 Å². The highest BCUT2D eigenvalue weighted by Gasteiger charge is 2.38. The van der Waals surface area contributed by atoms with Gasteiger partial charge in [0.1, 0.15) is 0 Å². The molecule has 0 spiro atoms. The van der Waals surface area contributed by atoms with Gasteiger partial charge in [0.2, 0.25) is 5.91 Å². The first kappa shape index (κ1) is 16.0. The van der Waals surface area contributed by atoms with Crippen LogP contribution in [0.4, 0.5) is 0 Å². The maximum absolute atomic E-state index is 12.2. The van der Waals surface area contributed by atoms with E-state index in [2.05, 4.69) is 10.6 Å². The fourth-order valence-electron chi connectivity index (χ4n) is 2.58. The summed E-state index contributed by atoms with van der Waals surface area (Å²) in [6.07, 6.45) is 4.48. The minimum atomic E-state index is -0.754. The Labute approximate surface area is 115 Å². The molecule has 0 aromatic heterocycles. The fraction of sp³-hybridized carbons (Fsp3) is 0.857.